The van der Waals surface area contributed by atoms with E-state index in [0.29, 0.717) is 12.1 Å². The van der Waals surface area contributed by atoms with E-state index < -0.39 is 23.5 Å². The van der Waals surface area contributed by atoms with Gasteiger partial charge in [-0.15, -0.1) is 0 Å². The van der Waals surface area contributed by atoms with Gasteiger partial charge < -0.3 is 14.4 Å². The molecule has 0 aliphatic carbocycles. The number of hydrogen-bond donors (Lipinski definition) is 1. The minimum absolute atomic E-state index is 0.0424. The maximum Gasteiger partial charge on any atom is 0.290 e. The number of unbranched alkanes of at least 4 members (excludes halogenated alkanes) is 2. The summed E-state index contributed by atoms with van der Waals surface area (Å²) in [7, 11) is 0. The van der Waals surface area contributed by atoms with Gasteiger partial charge in [0.2, 0.25) is 5.78 Å². The van der Waals surface area contributed by atoms with Crippen molar-refractivity contribution < 1.29 is 19.1 Å². The lowest BCUT2D eigenvalue weighted by Gasteiger charge is -2.26. The Hall–Kier alpha value is -2.93. The molecule has 6 nitrogen and oxygen atoms in total. The monoisotopic (exact) mass is 468 g/mol. The first-order valence-electron chi connectivity index (χ1n) is 9.89. The number of pyridine rings is 1. The van der Waals surface area contributed by atoms with Crippen LogP contribution in [0.3, 0.4) is 0 Å². The van der Waals surface area contributed by atoms with Gasteiger partial charge in [0.25, 0.3) is 5.91 Å². The van der Waals surface area contributed by atoms with Crippen molar-refractivity contribution in [3.63, 3.8) is 0 Å². The van der Waals surface area contributed by atoms with E-state index in [1.54, 1.807) is 41.6 Å². The number of carbonyl (C=O) groups excluding carboxylic acids is 2. The van der Waals surface area contributed by atoms with Gasteiger partial charge in [0.05, 0.1) is 11.6 Å². The second-order valence-electron chi connectivity index (χ2n) is 7.27. The number of ketones is 1. The molecule has 1 aliphatic rings. The minimum Gasteiger partial charge on any atom is -0.503 e. The highest BCUT2D eigenvalue weighted by Gasteiger charge is 2.44. The second-order valence-corrected chi connectivity index (χ2v) is 8.19. The molecule has 0 bridgehead atoms. The van der Waals surface area contributed by atoms with E-state index >= 15 is 0 Å². The van der Waals surface area contributed by atoms with E-state index in [4.69, 9.17) is 4.42 Å². The molecule has 4 rings (SSSR count). The number of rotatable bonds is 7. The van der Waals surface area contributed by atoms with Gasteiger partial charge in [-0.1, -0.05) is 35.7 Å². The second kappa shape index (κ2) is 8.44. The predicted octanol–water partition coefficient (Wildman–Crippen LogP) is 5.36. The van der Waals surface area contributed by atoms with Crippen LogP contribution in [-0.2, 0) is 4.79 Å². The van der Waals surface area contributed by atoms with Crippen molar-refractivity contribution in [2.24, 2.45) is 0 Å². The maximum absolute atomic E-state index is 13.4. The molecule has 2 aromatic heterocycles. The van der Waals surface area contributed by atoms with E-state index in [2.05, 4.69) is 27.8 Å². The lowest BCUT2D eigenvalue weighted by atomic mass is 9.95. The molecular formula is C23H21BrN2O4. The molecule has 0 saturated heterocycles. The first-order valence-corrected chi connectivity index (χ1v) is 10.7. The molecule has 1 N–H and O–H groups in total. The Morgan fingerprint density at radius 2 is 1.97 bits per heavy atom. The third-order valence-corrected chi connectivity index (χ3v) is 5.77. The van der Waals surface area contributed by atoms with E-state index in [0.717, 1.165) is 34.7 Å². The molecule has 30 heavy (non-hydrogen) atoms. The summed E-state index contributed by atoms with van der Waals surface area (Å²) in [6.07, 6.45) is 5.97. The lowest BCUT2D eigenvalue weighted by Crippen LogP contribution is -2.32. The number of amides is 1. The van der Waals surface area contributed by atoms with Crippen molar-refractivity contribution in [1.29, 1.82) is 0 Å². The Morgan fingerprint density at radius 3 is 2.70 bits per heavy atom. The Labute approximate surface area is 182 Å². The van der Waals surface area contributed by atoms with Gasteiger partial charge in [-0.2, -0.15) is 0 Å². The smallest absolute Gasteiger partial charge is 0.290 e. The zero-order valence-corrected chi connectivity index (χ0v) is 18.1. The van der Waals surface area contributed by atoms with Crippen LogP contribution in [0.2, 0.25) is 0 Å². The summed E-state index contributed by atoms with van der Waals surface area (Å²) < 4.78 is 6.61. The number of nitrogens with zero attached hydrogens (tertiary/aromatic N) is 2. The molecular weight excluding hydrogens is 448 g/mol. The Morgan fingerprint density at radius 1 is 1.20 bits per heavy atom. The van der Waals surface area contributed by atoms with Crippen LogP contribution in [0, 0.1) is 0 Å². The fraction of sp³-hybridized carbons (Fsp3) is 0.261. The molecule has 154 valence electrons. The minimum atomic E-state index is -0.676. The van der Waals surface area contributed by atoms with Crippen LogP contribution < -0.4 is 0 Å². The van der Waals surface area contributed by atoms with Crippen molar-refractivity contribution in [2.75, 3.05) is 6.54 Å². The molecule has 1 aromatic carbocycles. The molecule has 1 amide bonds. The average molecular weight is 469 g/mol. The number of aliphatic hydroxyl groups is 1. The molecule has 7 heteroatoms. The van der Waals surface area contributed by atoms with Crippen LogP contribution in [0.1, 0.15) is 48.3 Å². The van der Waals surface area contributed by atoms with Gasteiger partial charge in [-0.3, -0.25) is 14.6 Å². The number of hydrogen-bond acceptors (Lipinski definition) is 5. The number of furan rings is 1. The maximum atomic E-state index is 13.4. The summed E-state index contributed by atoms with van der Waals surface area (Å²) in [5.74, 6) is -1.45. The topological polar surface area (TPSA) is 83.6 Å². The standard InChI is InChI=1S/C23H21BrN2O4/c1-2-3-4-11-26-20(14-7-9-25-10-8-14)19(22(28)23(26)29)21(27)18-13-15-12-16(24)5-6-17(15)30-18/h5-10,12-13,20,28H,2-4,11H2,1H3. The van der Waals surface area contributed by atoms with Crippen LogP contribution in [0.15, 0.2) is 69.0 Å². The molecule has 0 fully saturated rings. The number of aromatic nitrogens is 1. The summed E-state index contributed by atoms with van der Waals surface area (Å²) in [6, 6.07) is 9.91. The van der Waals surface area contributed by atoms with Crippen molar-refractivity contribution >= 4 is 38.6 Å². The van der Waals surface area contributed by atoms with Gasteiger partial charge in [-0.05, 0) is 48.4 Å². The third-order valence-electron chi connectivity index (χ3n) is 5.27. The highest BCUT2D eigenvalue weighted by Crippen LogP contribution is 2.39. The fourth-order valence-corrected chi connectivity index (χ4v) is 4.18. The van der Waals surface area contributed by atoms with Crippen molar-refractivity contribution in [3.05, 3.63) is 75.9 Å². The third kappa shape index (κ3) is 3.65. The number of halogens is 1. The van der Waals surface area contributed by atoms with Crippen LogP contribution in [0.4, 0.5) is 0 Å². The number of Topliss-reactive ketones (excluding diaryl/α,β-unsaturated/α-hetero) is 1. The first-order chi connectivity index (χ1) is 14.5. The van der Waals surface area contributed by atoms with Gasteiger partial charge in [0, 0.05) is 28.8 Å². The summed E-state index contributed by atoms with van der Waals surface area (Å²) >= 11 is 3.41. The average Bonchev–Trinajstić information content (AvgIpc) is 3.28. The van der Waals surface area contributed by atoms with Crippen molar-refractivity contribution in [2.45, 2.75) is 32.2 Å². The van der Waals surface area contributed by atoms with E-state index in [1.807, 2.05) is 12.1 Å². The number of aliphatic hydroxyl groups excluding tert-OH is 1. The van der Waals surface area contributed by atoms with Crippen LogP contribution in [0.25, 0.3) is 11.0 Å². The van der Waals surface area contributed by atoms with Crippen molar-refractivity contribution in [1.82, 2.24) is 9.88 Å². The molecule has 3 heterocycles. The van der Waals surface area contributed by atoms with Crippen LogP contribution >= 0.6 is 15.9 Å². The first kappa shape index (κ1) is 20.3. The van der Waals surface area contributed by atoms with E-state index in [-0.39, 0.29) is 11.3 Å². The summed E-state index contributed by atoms with van der Waals surface area (Å²) in [5, 5.41) is 11.4. The Balaban J connectivity index is 1.76. The molecule has 1 aliphatic heterocycles. The van der Waals surface area contributed by atoms with Crippen molar-refractivity contribution in [3.8, 4) is 0 Å². The molecule has 1 atom stereocenters. The summed E-state index contributed by atoms with van der Waals surface area (Å²) in [4.78, 5) is 31.9. The largest absolute Gasteiger partial charge is 0.503 e. The highest BCUT2D eigenvalue weighted by molar-refractivity contribution is 9.10. The van der Waals surface area contributed by atoms with Crippen LogP contribution in [-0.4, -0.2) is 33.2 Å². The van der Waals surface area contributed by atoms with Gasteiger partial charge in [-0.25, -0.2) is 0 Å². The highest BCUT2D eigenvalue weighted by atomic mass is 79.9. The molecule has 0 saturated carbocycles. The van der Waals surface area contributed by atoms with Gasteiger partial charge in [0.15, 0.2) is 11.5 Å². The number of benzene rings is 1. The molecule has 1 unspecified atom stereocenters. The van der Waals surface area contributed by atoms with E-state index in [1.165, 1.54) is 0 Å². The number of carbonyl (C=O) groups is 2. The SMILES string of the molecule is CCCCCN1C(=O)C(O)=C(C(=O)c2cc3cc(Br)ccc3o2)C1c1ccncc1. The zero-order valence-electron chi connectivity index (χ0n) is 16.5. The van der Waals surface area contributed by atoms with Crippen LogP contribution in [0.5, 0.6) is 0 Å². The normalized spacial score (nSPS) is 16.7. The summed E-state index contributed by atoms with van der Waals surface area (Å²) in [5.41, 5.74) is 1.33. The fourth-order valence-electron chi connectivity index (χ4n) is 3.80. The lowest BCUT2D eigenvalue weighted by molar-refractivity contribution is -0.129. The number of fused-ring (bicyclic) bond motifs is 1. The Kier molecular flexibility index (Phi) is 5.72. The molecule has 0 spiro atoms. The van der Waals surface area contributed by atoms with Gasteiger partial charge in [0.1, 0.15) is 5.58 Å². The Bertz CT molecular complexity index is 1140. The van der Waals surface area contributed by atoms with E-state index in [9.17, 15) is 14.7 Å². The molecule has 3 aromatic rings. The molecule has 0 radical (unpaired) electrons. The predicted molar refractivity (Wildman–Crippen MR) is 116 cm³/mol. The quantitative estimate of drug-likeness (QED) is 0.372. The zero-order chi connectivity index (χ0) is 21.3. The summed E-state index contributed by atoms with van der Waals surface area (Å²) in [6.45, 7) is 2.53. The van der Waals surface area contributed by atoms with Gasteiger partial charge >= 0.3 is 0 Å².